The van der Waals surface area contributed by atoms with Gasteiger partial charge in [0.25, 0.3) is 11.8 Å². The van der Waals surface area contributed by atoms with Gasteiger partial charge in [-0.05, 0) is 62.2 Å². The van der Waals surface area contributed by atoms with Crippen LogP contribution in [-0.2, 0) is 23.0 Å². The highest BCUT2D eigenvalue weighted by atomic mass is 32.1. The number of aromatic hydroxyl groups is 1. The van der Waals surface area contributed by atoms with E-state index in [1.165, 1.54) is 10.9 Å². The molecule has 2 aromatic carbocycles. The lowest BCUT2D eigenvalue weighted by Crippen LogP contribution is -2.47. The number of aromatic nitrogens is 2. The summed E-state index contributed by atoms with van der Waals surface area (Å²) >= 11 is 5.65. The van der Waals surface area contributed by atoms with Crippen molar-refractivity contribution in [2.24, 2.45) is 18.0 Å². The lowest BCUT2D eigenvalue weighted by Gasteiger charge is -2.34. The Hall–Kier alpha value is -4.71. The van der Waals surface area contributed by atoms with Crippen LogP contribution in [0.1, 0.15) is 33.7 Å². The topological polar surface area (TPSA) is 145 Å². The third-order valence-corrected chi connectivity index (χ3v) is 8.97. The normalized spacial score (nSPS) is 16.4. The summed E-state index contributed by atoms with van der Waals surface area (Å²) < 4.78 is 6.91. The maximum absolute atomic E-state index is 13.3. The number of hydrogen-bond donors (Lipinski definition) is 4. The fourth-order valence-corrected chi connectivity index (χ4v) is 6.07. The van der Waals surface area contributed by atoms with Crippen molar-refractivity contribution in [3.05, 3.63) is 82.8 Å². The lowest BCUT2D eigenvalue weighted by molar-refractivity contribution is -0.112. The fraction of sp³-hybridized carbons (Fsp3) is 0.378. The van der Waals surface area contributed by atoms with Gasteiger partial charge in [0, 0.05) is 68.3 Å². The number of benzene rings is 2. The minimum Gasteiger partial charge on any atom is -0.505 e. The number of aliphatic hydroxyl groups excluding tert-OH is 1. The van der Waals surface area contributed by atoms with Gasteiger partial charge in [-0.2, -0.15) is 5.10 Å². The van der Waals surface area contributed by atoms with Gasteiger partial charge in [0.15, 0.2) is 0 Å². The standard InChI is InChI=1S/C37H43N7O5S/c1-26-22-33(42(2)41-26)37(48)39-30-9-3-6-27(23-30)11-12-29-24-38-25-31(35(29)50)36(47)40-32-10-4-7-28(34(32)46)8-5-13-43-14-16-44(17-15-43)18-20-49-21-19-45/h3-4,6-7,9-10,22-25,29,45-46H,5,8,13-21H2,1-2H3,(H,39,48)(H,40,47)/t29-/m0/s1. The second-order valence-electron chi connectivity index (χ2n) is 12.2. The van der Waals surface area contributed by atoms with E-state index in [4.69, 9.17) is 22.1 Å². The number of para-hydroxylation sites is 1. The third-order valence-electron chi connectivity index (χ3n) is 8.50. The Kier molecular flexibility index (Phi) is 13.0. The lowest BCUT2D eigenvalue weighted by atomic mass is 9.97. The molecule has 0 radical (unpaired) electrons. The average molecular weight is 698 g/mol. The molecule has 3 aromatic rings. The highest BCUT2D eigenvalue weighted by Gasteiger charge is 2.24. The molecule has 13 heteroatoms. The van der Waals surface area contributed by atoms with E-state index in [1.54, 1.807) is 43.6 Å². The van der Waals surface area contributed by atoms with Crippen molar-refractivity contribution < 1.29 is 24.5 Å². The molecule has 1 atom stereocenters. The zero-order valence-corrected chi connectivity index (χ0v) is 29.2. The molecule has 0 unspecified atom stereocenters. The largest absolute Gasteiger partial charge is 0.505 e. The smallest absolute Gasteiger partial charge is 0.273 e. The molecule has 3 heterocycles. The summed E-state index contributed by atoms with van der Waals surface area (Å²) in [6.07, 6.45) is 4.54. The highest BCUT2D eigenvalue weighted by molar-refractivity contribution is 7.81. The molecule has 4 N–H and O–H groups in total. The first-order chi connectivity index (χ1) is 24.2. The van der Waals surface area contributed by atoms with Crippen molar-refractivity contribution in [2.45, 2.75) is 19.8 Å². The molecular formula is C37H43N7O5S. The zero-order valence-electron chi connectivity index (χ0n) is 28.4. The number of hydrogen-bond acceptors (Lipinski definition) is 10. The molecule has 2 aliphatic heterocycles. The Balaban J connectivity index is 1.12. The second-order valence-corrected chi connectivity index (χ2v) is 12.6. The molecule has 50 heavy (non-hydrogen) atoms. The Morgan fingerprint density at radius 2 is 1.78 bits per heavy atom. The van der Waals surface area contributed by atoms with Gasteiger partial charge >= 0.3 is 0 Å². The Morgan fingerprint density at radius 3 is 2.52 bits per heavy atom. The van der Waals surface area contributed by atoms with E-state index in [2.05, 4.69) is 42.4 Å². The van der Waals surface area contributed by atoms with E-state index in [0.29, 0.717) is 47.1 Å². The first-order valence-corrected chi connectivity index (χ1v) is 17.1. The number of carbonyl (C=O) groups is 2. The van der Waals surface area contributed by atoms with Crippen LogP contribution in [0.3, 0.4) is 0 Å². The number of piperazine rings is 1. The predicted octanol–water partition coefficient (Wildman–Crippen LogP) is 3.19. The van der Waals surface area contributed by atoms with Crippen molar-refractivity contribution in [1.82, 2.24) is 19.6 Å². The number of aliphatic imine (C=N–C) groups is 1. The van der Waals surface area contributed by atoms with Crippen LogP contribution >= 0.6 is 12.2 Å². The zero-order chi connectivity index (χ0) is 35.5. The molecular weight excluding hydrogens is 655 g/mol. The Morgan fingerprint density at radius 1 is 1.02 bits per heavy atom. The van der Waals surface area contributed by atoms with Crippen LogP contribution in [0.4, 0.5) is 11.4 Å². The minimum atomic E-state index is -0.576. The minimum absolute atomic E-state index is 0.0428. The van der Waals surface area contributed by atoms with E-state index < -0.39 is 11.8 Å². The monoisotopic (exact) mass is 697 g/mol. The molecule has 2 amide bonds. The molecule has 0 saturated carbocycles. The number of nitrogens with one attached hydrogen (secondary N) is 2. The number of ether oxygens (including phenoxy) is 1. The third kappa shape index (κ3) is 9.93. The number of nitrogens with zero attached hydrogens (tertiary/aromatic N) is 5. The molecule has 1 aromatic heterocycles. The first kappa shape index (κ1) is 36.6. The number of amides is 2. The van der Waals surface area contributed by atoms with Gasteiger partial charge in [0.2, 0.25) is 0 Å². The van der Waals surface area contributed by atoms with Crippen LogP contribution in [0.25, 0.3) is 0 Å². The fourth-order valence-electron chi connectivity index (χ4n) is 5.80. The number of carbonyl (C=O) groups excluding carboxylic acids is 2. The summed E-state index contributed by atoms with van der Waals surface area (Å²) in [5.41, 5.74) is 3.71. The van der Waals surface area contributed by atoms with Gasteiger partial charge < -0.3 is 30.5 Å². The SMILES string of the molecule is Cc1cc(C(=O)Nc2cccc(C#C[C@H]3C=NC=C(C(=O)Nc4cccc(CCCN5CCN(CCOCCO)CC5)c4O)C3=S)c2)n(C)n1. The van der Waals surface area contributed by atoms with Gasteiger partial charge in [0.1, 0.15) is 11.4 Å². The quantitative estimate of drug-likeness (QED) is 0.0917. The van der Waals surface area contributed by atoms with Crippen molar-refractivity contribution in [3.63, 3.8) is 0 Å². The number of thiocarbonyl (C=S) groups is 1. The van der Waals surface area contributed by atoms with Gasteiger partial charge in [0.05, 0.1) is 42.7 Å². The van der Waals surface area contributed by atoms with Crippen LogP contribution in [-0.4, -0.2) is 112 Å². The molecule has 262 valence electrons. The Labute approximate surface area is 297 Å². The summed E-state index contributed by atoms with van der Waals surface area (Å²) in [5, 5.41) is 29.8. The van der Waals surface area contributed by atoms with Crippen molar-refractivity contribution in [1.29, 1.82) is 0 Å². The van der Waals surface area contributed by atoms with Crippen molar-refractivity contribution in [3.8, 4) is 17.6 Å². The Bertz CT molecular complexity index is 1820. The maximum Gasteiger partial charge on any atom is 0.273 e. The molecule has 5 rings (SSSR count). The molecule has 0 spiro atoms. The van der Waals surface area contributed by atoms with Crippen molar-refractivity contribution >= 4 is 46.5 Å². The molecule has 0 aliphatic carbocycles. The van der Waals surface area contributed by atoms with Crippen LogP contribution in [0.2, 0.25) is 0 Å². The number of anilines is 2. The van der Waals surface area contributed by atoms with Crippen molar-refractivity contribution in [2.75, 3.05) is 69.7 Å². The number of phenols is 1. The summed E-state index contributed by atoms with van der Waals surface area (Å²) in [6.45, 7) is 8.56. The van der Waals surface area contributed by atoms with Gasteiger partial charge in [-0.25, -0.2) is 0 Å². The van der Waals surface area contributed by atoms with Crippen LogP contribution in [0.5, 0.6) is 5.75 Å². The van der Waals surface area contributed by atoms with E-state index in [-0.39, 0.29) is 23.8 Å². The van der Waals surface area contributed by atoms with Crippen LogP contribution in [0.15, 0.2) is 65.3 Å². The van der Waals surface area contributed by atoms with Crippen LogP contribution < -0.4 is 10.6 Å². The summed E-state index contributed by atoms with van der Waals surface area (Å²) in [4.78, 5) is 35.4. The first-order valence-electron chi connectivity index (χ1n) is 16.7. The molecule has 1 saturated heterocycles. The van der Waals surface area contributed by atoms with E-state index in [9.17, 15) is 14.7 Å². The van der Waals surface area contributed by atoms with Gasteiger partial charge in [-0.15, -0.1) is 0 Å². The summed E-state index contributed by atoms with van der Waals surface area (Å²) in [6, 6.07) is 14.2. The van der Waals surface area contributed by atoms with Gasteiger partial charge in [-0.3, -0.25) is 24.2 Å². The number of rotatable bonds is 13. The number of phenolic OH excluding ortho intramolecular Hbond substituents is 1. The molecule has 1 fully saturated rings. The summed E-state index contributed by atoms with van der Waals surface area (Å²) in [5.74, 6) is 4.89. The second kappa shape index (κ2) is 17.8. The number of aryl methyl sites for hydroxylation is 3. The molecule has 2 aliphatic rings. The van der Waals surface area contributed by atoms with E-state index in [0.717, 1.165) is 56.9 Å². The molecule has 12 nitrogen and oxygen atoms in total. The van der Waals surface area contributed by atoms with E-state index >= 15 is 0 Å². The maximum atomic E-state index is 13.3. The molecule has 0 bridgehead atoms. The average Bonchev–Trinajstić information content (AvgIpc) is 3.46. The van der Waals surface area contributed by atoms with Gasteiger partial charge in [-0.1, -0.05) is 42.3 Å². The predicted molar refractivity (Wildman–Crippen MR) is 198 cm³/mol. The number of aliphatic hydroxyl groups is 1. The van der Waals surface area contributed by atoms with E-state index in [1.807, 2.05) is 25.1 Å². The van der Waals surface area contributed by atoms with Crippen LogP contribution in [0, 0.1) is 24.7 Å². The highest BCUT2D eigenvalue weighted by Crippen LogP contribution is 2.29. The summed E-state index contributed by atoms with van der Waals surface area (Å²) in [7, 11) is 1.72.